The van der Waals surface area contributed by atoms with E-state index in [1.165, 1.54) is 32.2 Å². The fourth-order valence-electron chi connectivity index (χ4n) is 2.64. The van der Waals surface area contributed by atoms with Crippen LogP contribution in [0.5, 0.6) is 11.5 Å². The van der Waals surface area contributed by atoms with Crippen LogP contribution in [-0.2, 0) is 14.8 Å². The second kappa shape index (κ2) is 7.05. The molecular weight excluding hydrogens is 380 g/mol. The summed E-state index contributed by atoms with van der Waals surface area (Å²) >= 11 is 6.00. The fourth-order valence-corrected chi connectivity index (χ4v) is 4.04. The zero-order valence-electron chi connectivity index (χ0n) is 14.2. The minimum absolute atomic E-state index is 0.00676. The molecule has 0 atom stereocenters. The Morgan fingerprint density at radius 3 is 2.69 bits per heavy atom. The molecule has 1 N–H and O–H groups in total. The molecule has 9 heteroatoms. The van der Waals surface area contributed by atoms with E-state index in [1.807, 2.05) is 0 Å². The number of amides is 1. The predicted molar refractivity (Wildman–Crippen MR) is 98.8 cm³/mol. The Labute approximate surface area is 156 Å². The summed E-state index contributed by atoms with van der Waals surface area (Å²) in [6.07, 6.45) is 0. The molecule has 0 aliphatic carbocycles. The van der Waals surface area contributed by atoms with Crippen molar-refractivity contribution >= 4 is 38.9 Å². The van der Waals surface area contributed by atoms with Crippen LogP contribution in [0.15, 0.2) is 41.3 Å². The summed E-state index contributed by atoms with van der Waals surface area (Å²) in [6.45, 7) is 2.27. The average Bonchev–Trinajstić information content (AvgIpc) is 2.60. The molecule has 1 heterocycles. The number of fused-ring (bicyclic) bond motifs is 1. The van der Waals surface area contributed by atoms with Gasteiger partial charge in [0.15, 0.2) is 0 Å². The maximum Gasteiger partial charge on any atom is 0.261 e. The van der Waals surface area contributed by atoms with Gasteiger partial charge in [0.2, 0.25) is 5.91 Å². The Morgan fingerprint density at radius 2 is 2.04 bits per heavy atom. The first kappa shape index (κ1) is 18.3. The van der Waals surface area contributed by atoms with Crippen molar-refractivity contribution in [3.8, 4) is 11.5 Å². The lowest BCUT2D eigenvalue weighted by molar-refractivity contribution is -0.116. The van der Waals surface area contributed by atoms with E-state index < -0.39 is 10.0 Å². The zero-order chi connectivity index (χ0) is 18.9. The molecular formula is C17H17ClN2O5S. The molecule has 2 aromatic carbocycles. The lowest BCUT2D eigenvalue weighted by atomic mass is 10.2. The lowest BCUT2D eigenvalue weighted by Crippen LogP contribution is -2.36. The number of anilines is 2. The molecule has 26 heavy (non-hydrogen) atoms. The van der Waals surface area contributed by atoms with Crippen molar-refractivity contribution in [2.24, 2.45) is 0 Å². The second-order valence-electron chi connectivity index (χ2n) is 5.60. The number of rotatable bonds is 4. The van der Waals surface area contributed by atoms with Crippen LogP contribution in [0.25, 0.3) is 0 Å². The summed E-state index contributed by atoms with van der Waals surface area (Å²) in [5.41, 5.74) is 0.931. The maximum atomic E-state index is 12.6. The summed E-state index contributed by atoms with van der Waals surface area (Å²) in [7, 11) is -2.39. The Kier molecular flexibility index (Phi) is 4.97. The van der Waals surface area contributed by atoms with E-state index in [0.717, 1.165) is 0 Å². The van der Waals surface area contributed by atoms with E-state index in [1.54, 1.807) is 23.1 Å². The number of methoxy groups -OCH3 is 1. The van der Waals surface area contributed by atoms with Crippen LogP contribution in [0.2, 0.25) is 5.02 Å². The third kappa shape index (κ3) is 3.56. The molecule has 7 nitrogen and oxygen atoms in total. The van der Waals surface area contributed by atoms with Gasteiger partial charge in [-0.1, -0.05) is 11.6 Å². The summed E-state index contributed by atoms with van der Waals surface area (Å²) in [5, 5.41) is 0.196. The topological polar surface area (TPSA) is 84.9 Å². The van der Waals surface area contributed by atoms with E-state index in [0.29, 0.717) is 36.0 Å². The van der Waals surface area contributed by atoms with Crippen LogP contribution in [0.1, 0.15) is 6.92 Å². The standard InChI is InChI=1S/C17H17ClN2O5S/c1-11(21)20-7-8-25-17-9-12(3-5-15(17)20)19-26(22,23)13-4-6-16(24-2)14(18)10-13/h3-6,9-10,19H,7-8H2,1-2H3. The van der Waals surface area contributed by atoms with Crippen LogP contribution in [0.4, 0.5) is 11.4 Å². The number of halogens is 1. The largest absolute Gasteiger partial charge is 0.495 e. The second-order valence-corrected chi connectivity index (χ2v) is 7.69. The van der Waals surface area contributed by atoms with Gasteiger partial charge in [-0.15, -0.1) is 0 Å². The van der Waals surface area contributed by atoms with Gasteiger partial charge in [-0.25, -0.2) is 8.42 Å². The smallest absolute Gasteiger partial charge is 0.261 e. The monoisotopic (exact) mass is 396 g/mol. The van der Waals surface area contributed by atoms with Crippen LogP contribution >= 0.6 is 11.6 Å². The molecule has 2 aromatic rings. The fraction of sp³-hybridized carbons (Fsp3) is 0.235. The Hall–Kier alpha value is -2.45. The molecule has 0 saturated heterocycles. The molecule has 1 amide bonds. The summed E-state index contributed by atoms with van der Waals surface area (Å²) in [5.74, 6) is 0.729. The van der Waals surface area contributed by atoms with Crippen molar-refractivity contribution in [1.82, 2.24) is 0 Å². The van der Waals surface area contributed by atoms with Gasteiger partial charge < -0.3 is 14.4 Å². The number of hydrogen-bond donors (Lipinski definition) is 1. The number of nitrogens with one attached hydrogen (secondary N) is 1. The molecule has 1 aliphatic rings. The van der Waals surface area contributed by atoms with E-state index in [4.69, 9.17) is 21.1 Å². The molecule has 0 spiro atoms. The highest BCUT2D eigenvalue weighted by Crippen LogP contribution is 2.35. The van der Waals surface area contributed by atoms with E-state index in [-0.39, 0.29) is 15.8 Å². The van der Waals surface area contributed by atoms with Crippen LogP contribution < -0.4 is 19.1 Å². The Balaban J connectivity index is 1.89. The van der Waals surface area contributed by atoms with Crippen molar-refractivity contribution in [3.05, 3.63) is 41.4 Å². The summed E-state index contributed by atoms with van der Waals surface area (Å²) in [4.78, 5) is 13.3. The number of nitrogens with zero attached hydrogens (tertiary/aromatic N) is 1. The molecule has 0 bridgehead atoms. The molecule has 0 radical (unpaired) electrons. The van der Waals surface area contributed by atoms with Gasteiger partial charge in [0.05, 0.1) is 34.9 Å². The van der Waals surface area contributed by atoms with Gasteiger partial charge >= 0.3 is 0 Å². The van der Waals surface area contributed by atoms with Crippen LogP contribution in [0, 0.1) is 0 Å². The molecule has 0 aromatic heterocycles. The molecule has 3 rings (SSSR count). The molecule has 138 valence electrons. The Morgan fingerprint density at radius 1 is 1.27 bits per heavy atom. The quantitative estimate of drug-likeness (QED) is 0.858. The first-order chi connectivity index (χ1) is 12.3. The van der Waals surface area contributed by atoms with Gasteiger partial charge in [0.1, 0.15) is 18.1 Å². The van der Waals surface area contributed by atoms with Gasteiger partial charge in [0.25, 0.3) is 10.0 Å². The SMILES string of the molecule is COc1ccc(S(=O)(=O)Nc2ccc3c(c2)OCCN3C(C)=O)cc1Cl. The maximum absolute atomic E-state index is 12.6. The van der Waals surface area contributed by atoms with Gasteiger partial charge in [-0.2, -0.15) is 0 Å². The first-order valence-electron chi connectivity index (χ1n) is 7.73. The number of carbonyl (C=O) groups excluding carboxylic acids is 1. The van der Waals surface area contributed by atoms with Crippen molar-refractivity contribution in [3.63, 3.8) is 0 Å². The van der Waals surface area contributed by atoms with Crippen LogP contribution in [0.3, 0.4) is 0 Å². The number of ether oxygens (including phenoxy) is 2. The summed E-state index contributed by atoms with van der Waals surface area (Å²) in [6, 6.07) is 8.97. The van der Waals surface area contributed by atoms with Crippen molar-refractivity contribution in [2.75, 3.05) is 29.9 Å². The van der Waals surface area contributed by atoms with Gasteiger partial charge in [-0.05, 0) is 30.3 Å². The number of hydrogen-bond acceptors (Lipinski definition) is 5. The van der Waals surface area contributed by atoms with Crippen LogP contribution in [-0.4, -0.2) is 34.6 Å². The van der Waals surface area contributed by atoms with Crippen molar-refractivity contribution in [1.29, 1.82) is 0 Å². The molecule has 0 unspecified atom stereocenters. The molecule has 0 fully saturated rings. The summed E-state index contributed by atoms with van der Waals surface area (Å²) < 4.78 is 38.2. The average molecular weight is 397 g/mol. The molecule has 0 saturated carbocycles. The predicted octanol–water partition coefficient (Wildman–Crippen LogP) is 2.89. The third-order valence-corrected chi connectivity index (χ3v) is 5.56. The number of sulfonamides is 1. The highest BCUT2D eigenvalue weighted by atomic mass is 35.5. The number of benzene rings is 2. The minimum atomic E-state index is -3.84. The van der Waals surface area contributed by atoms with E-state index in [9.17, 15) is 13.2 Å². The Bertz CT molecular complexity index is 962. The normalized spacial score (nSPS) is 13.6. The highest BCUT2D eigenvalue weighted by Gasteiger charge is 2.23. The first-order valence-corrected chi connectivity index (χ1v) is 9.59. The van der Waals surface area contributed by atoms with Crippen molar-refractivity contribution < 1.29 is 22.7 Å². The van der Waals surface area contributed by atoms with E-state index >= 15 is 0 Å². The third-order valence-electron chi connectivity index (χ3n) is 3.89. The minimum Gasteiger partial charge on any atom is -0.495 e. The van der Waals surface area contributed by atoms with Gasteiger partial charge in [0, 0.05) is 13.0 Å². The highest BCUT2D eigenvalue weighted by molar-refractivity contribution is 7.92. The molecule has 1 aliphatic heterocycles. The number of carbonyl (C=O) groups is 1. The van der Waals surface area contributed by atoms with Gasteiger partial charge in [-0.3, -0.25) is 9.52 Å². The van der Waals surface area contributed by atoms with Crippen molar-refractivity contribution in [2.45, 2.75) is 11.8 Å². The zero-order valence-corrected chi connectivity index (χ0v) is 15.7. The van der Waals surface area contributed by atoms with E-state index in [2.05, 4.69) is 4.72 Å². The lowest BCUT2D eigenvalue weighted by Gasteiger charge is -2.29.